The molecule has 1 aromatic heterocycles. The number of amides is 1. The number of carbonyl (C=O) groups is 1. The molecule has 2 heterocycles. The topological polar surface area (TPSA) is 74.6 Å². The summed E-state index contributed by atoms with van der Waals surface area (Å²) >= 11 is 6.05. The van der Waals surface area contributed by atoms with Gasteiger partial charge in [-0.3, -0.25) is 14.5 Å². The fraction of sp³-hybridized carbons (Fsp3) is 0.421. The van der Waals surface area contributed by atoms with Gasteiger partial charge in [-0.1, -0.05) is 23.7 Å². The van der Waals surface area contributed by atoms with E-state index < -0.39 is 0 Å². The molecule has 27 heavy (non-hydrogen) atoms. The fourth-order valence-electron chi connectivity index (χ4n) is 3.30. The van der Waals surface area contributed by atoms with E-state index in [0.717, 1.165) is 25.5 Å². The first-order chi connectivity index (χ1) is 13.1. The second-order valence-corrected chi connectivity index (χ2v) is 7.00. The molecule has 1 aliphatic rings. The number of guanidine groups is 1. The van der Waals surface area contributed by atoms with Crippen LogP contribution < -0.4 is 10.6 Å². The lowest BCUT2D eigenvalue weighted by Gasteiger charge is -2.21. The van der Waals surface area contributed by atoms with Crippen LogP contribution in [0.15, 0.2) is 41.7 Å². The van der Waals surface area contributed by atoms with Crippen LogP contribution >= 0.6 is 11.6 Å². The van der Waals surface area contributed by atoms with Crippen molar-refractivity contribution in [3.63, 3.8) is 0 Å². The van der Waals surface area contributed by atoms with Gasteiger partial charge in [-0.25, -0.2) is 0 Å². The number of benzene rings is 1. The summed E-state index contributed by atoms with van der Waals surface area (Å²) < 4.78 is 1.84. The monoisotopic (exact) mass is 388 g/mol. The van der Waals surface area contributed by atoms with Crippen molar-refractivity contribution in [3.05, 3.63) is 52.8 Å². The molecule has 1 saturated heterocycles. The van der Waals surface area contributed by atoms with E-state index in [2.05, 4.69) is 31.8 Å². The highest BCUT2D eigenvalue weighted by Gasteiger charge is 2.26. The maximum absolute atomic E-state index is 12.2. The van der Waals surface area contributed by atoms with Crippen molar-refractivity contribution in [2.45, 2.75) is 12.3 Å². The largest absolute Gasteiger partial charge is 0.354 e. The lowest BCUT2D eigenvalue weighted by Crippen LogP contribution is -2.43. The predicted octanol–water partition coefficient (Wildman–Crippen LogP) is 1.87. The highest BCUT2D eigenvalue weighted by Crippen LogP contribution is 2.26. The number of likely N-dealkylation sites (tertiary alicyclic amines) is 1. The molecule has 7 nitrogen and oxygen atoms in total. The van der Waals surface area contributed by atoms with Gasteiger partial charge in [0.15, 0.2) is 5.96 Å². The number of hydrogen-bond acceptors (Lipinski definition) is 3. The van der Waals surface area contributed by atoms with Crippen LogP contribution in [-0.4, -0.2) is 59.8 Å². The molecule has 0 radical (unpaired) electrons. The number of hydrogen-bond donors (Lipinski definition) is 2. The summed E-state index contributed by atoms with van der Waals surface area (Å²) in [6, 6.07) is 7.03. The van der Waals surface area contributed by atoms with Crippen molar-refractivity contribution in [1.29, 1.82) is 0 Å². The second kappa shape index (κ2) is 8.90. The van der Waals surface area contributed by atoms with Gasteiger partial charge in [0.1, 0.15) is 0 Å². The molecule has 1 unspecified atom stereocenters. The van der Waals surface area contributed by atoms with Gasteiger partial charge >= 0.3 is 0 Å². The van der Waals surface area contributed by atoms with Crippen molar-refractivity contribution in [3.8, 4) is 0 Å². The van der Waals surface area contributed by atoms with Gasteiger partial charge in [-0.15, -0.1) is 0 Å². The van der Waals surface area contributed by atoms with Crippen molar-refractivity contribution in [2.24, 2.45) is 12.0 Å². The zero-order chi connectivity index (χ0) is 19.2. The molecule has 1 amide bonds. The molecule has 2 aromatic rings. The number of aromatic nitrogens is 2. The van der Waals surface area contributed by atoms with Gasteiger partial charge < -0.3 is 15.5 Å². The van der Waals surface area contributed by atoms with E-state index in [1.807, 2.05) is 17.9 Å². The van der Waals surface area contributed by atoms with Crippen LogP contribution in [0.25, 0.3) is 0 Å². The molecule has 0 bridgehead atoms. The minimum Gasteiger partial charge on any atom is -0.354 e. The molecule has 0 spiro atoms. The number of nitrogens with one attached hydrogen (secondary N) is 2. The minimum atomic E-state index is -0.171. The first-order valence-corrected chi connectivity index (χ1v) is 9.43. The number of nitrogens with zero attached hydrogens (tertiary/aromatic N) is 4. The van der Waals surface area contributed by atoms with Gasteiger partial charge in [0, 0.05) is 52.4 Å². The third-order valence-electron chi connectivity index (χ3n) is 4.71. The van der Waals surface area contributed by atoms with E-state index >= 15 is 0 Å². The van der Waals surface area contributed by atoms with Crippen LogP contribution in [0.3, 0.4) is 0 Å². The normalized spacial score (nSPS) is 17.2. The van der Waals surface area contributed by atoms with Crippen LogP contribution in [-0.2, 0) is 7.05 Å². The van der Waals surface area contributed by atoms with Gasteiger partial charge in [-0.2, -0.15) is 5.10 Å². The van der Waals surface area contributed by atoms with Gasteiger partial charge in [0.05, 0.1) is 16.8 Å². The van der Waals surface area contributed by atoms with Crippen LogP contribution in [0, 0.1) is 0 Å². The van der Waals surface area contributed by atoms with Crippen LogP contribution in [0.2, 0.25) is 5.02 Å². The molecule has 3 rings (SSSR count). The molecule has 1 fully saturated rings. The third kappa shape index (κ3) is 4.80. The molecule has 1 aromatic carbocycles. The standard InChI is InChI=1S/C19H25ClN6O/c1-21-19(26-10-7-14(13-26)15-11-24-25(2)12-15)23-9-8-22-18(27)16-5-3-4-6-17(16)20/h3-6,11-12,14H,7-10,13H2,1-2H3,(H,21,23)(H,22,27). The molecule has 0 aliphatic carbocycles. The van der Waals surface area contributed by atoms with Crippen molar-refractivity contribution in [1.82, 2.24) is 25.3 Å². The molecule has 1 aliphatic heterocycles. The molecule has 2 N–H and O–H groups in total. The van der Waals surface area contributed by atoms with Crippen LogP contribution in [0.5, 0.6) is 0 Å². The molecule has 144 valence electrons. The number of rotatable bonds is 5. The molecular weight excluding hydrogens is 364 g/mol. The van der Waals surface area contributed by atoms with Crippen molar-refractivity contribution >= 4 is 23.5 Å². The first kappa shape index (κ1) is 19.2. The second-order valence-electron chi connectivity index (χ2n) is 6.59. The smallest absolute Gasteiger partial charge is 0.252 e. The van der Waals surface area contributed by atoms with E-state index in [-0.39, 0.29) is 5.91 Å². The van der Waals surface area contributed by atoms with Gasteiger partial charge in [-0.05, 0) is 24.1 Å². The SMILES string of the molecule is CN=C(NCCNC(=O)c1ccccc1Cl)N1CCC(c2cnn(C)c2)C1. The highest BCUT2D eigenvalue weighted by atomic mass is 35.5. The average Bonchev–Trinajstić information content (AvgIpc) is 3.31. The maximum atomic E-state index is 12.2. The van der Waals surface area contributed by atoms with E-state index in [4.69, 9.17) is 11.6 Å². The van der Waals surface area contributed by atoms with Gasteiger partial charge in [0.2, 0.25) is 0 Å². The summed E-state index contributed by atoms with van der Waals surface area (Å²) in [5.74, 6) is 1.15. The van der Waals surface area contributed by atoms with Crippen LogP contribution in [0.4, 0.5) is 0 Å². The summed E-state index contributed by atoms with van der Waals surface area (Å²) in [5, 5.41) is 10.9. The number of aryl methyl sites for hydroxylation is 1. The Morgan fingerprint density at radius 3 is 2.81 bits per heavy atom. The Morgan fingerprint density at radius 1 is 1.33 bits per heavy atom. The third-order valence-corrected chi connectivity index (χ3v) is 5.04. The maximum Gasteiger partial charge on any atom is 0.252 e. The zero-order valence-electron chi connectivity index (χ0n) is 15.7. The Bertz CT molecular complexity index is 818. The summed E-state index contributed by atoms with van der Waals surface area (Å²) in [6.07, 6.45) is 5.10. The molecular formula is C19H25ClN6O. The first-order valence-electron chi connectivity index (χ1n) is 9.05. The zero-order valence-corrected chi connectivity index (χ0v) is 16.4. The van der Waals surface area contributed by atoms with E-state index in [1.54, 1.807) is 31.3 Å². The lowest BCUT2D eigenvalue weighted by atomic mass is 10.0. The Labute approximate surface area is 164 Å². The quantitative estimate of drug-likeness (QED) is 0.466. The molecule has 0 saturated carbocycles. The van der Waals surface area contributed by atoms with E-state index in [0.29, 0.717) is 29.6 Å². The van der Waals surface area contributed by atoms with Gasteiger partial charge in [0.25, 0.3) is 5.91 Å². The molecule has 8 heteroatoms. The Hall–Kier alpha value is -2.54. The van der Waals surface area contributed by atoms with E-state index in [1.165, 1.54) is 5.56 Å². The predicted molar refractivity (Wildman–Crippen MR) is 107 cm³/mol. The number of halogens is 1. The fourth-order valence-corrected chi connectivity index (χ4v) is 3.52. The Morgan fingerprint density at radius 2 is 2.11 bits per heavy atom. The highest BCUT2D eigenvalue weighted by molar-refractivity contribution is 6.33. The van der Waals surface area contributed by atoms with Crippen molar-refractivity contribution < 1.29 is 4.79 Å². The number of aliphatic imine (C=N–C) groups is 1. The number of carbonyl (C=O) groups excluding carboxylic acids is 1. The summed E-state index contributed by atoms with van der Waals surface area (Å²) in [7, 11) is 3.72. The van der Waals surface area contributed by atoms with Crippen molar-refractivity contribution in [2.75, 3.05) is 33.2 Å². The Kier molecular flexibility index (Phi) is 6.34. The lowest BCUT2D eigenvalue weighted by molar-refractivity contribution is 0.0954. The summed E-state index contributed by atoms with van der Waals surface area (Å²) in [4.78, 5) is 18.8. The summed E-state index contributed by atoms with van der Waals surface area (Å²) in [6.45, 7) is 2.95. The summed E-state index contributed by atoms with van der Waals surface area (Å²) in [5.41, 5.74) is 1.75. The van der Waals surface area contributed by atoms with E-state index in [9.17, 15) is 4.79 Å². The average molecular weight is 389 g/mol. The minimum absolute atomic E-state index is 0.171. The Balaban J connectivity index is 1.45. The molecule has 1 atom stereocenters. The van der Waals surface area contributed by atoms with Crippen LogP contribution in [0.1, 0.15) is 28.3 Å².